The van der Waals surface area contributed by atoms with Crippen LogP contribution < -0.4 is 5.32 Å². The van der Waals surface area contributed by atoms with Gasteiger partial charge in [0.1, 0.15) is 5.76 Å². The lowest BCUT2D eigenvalue weighted by Gasteiger charge is -2.09. The van der Waals surface area contributed by atoms with Crippen molar-refractivity contribution >= 4 is 28.9 Å². The predicted octanol–water partition coefficient (Wildman–Crippen LogP) is 3.96. The van der Waals surface area contributed by atoms with Crippen LogP contribution in [0.15, 0.2) is 45.5 Å². The quantitative estimate of drug-likeness (QED) is 0.700. The first-order valence-electron chi connectivity index (χ1n) is 7.57. The molecule has 0 fully saturated rings. The summed E-state index contributed by atoms with van der Waals surface area (Å²) in [6.07, 6.45) is 0. The smallest absolute Gasteiger partial charge is 0.340 e. The van der Waals surface area contributed by atoms with E-state index in [9.17, 15) is 9.59 Å². The number of rotatable bonds is 5. The van der Waals surface area contributed by atoms with E-state index in [0.717, 1.165) is 5.69 Å². The molecular formula is C18H16N2O4S. The fraction of sp³-hybridized carbons (Fsp3) is 0.167. The SMILES string of the molecule is Cc1nc(COC(=O)c2ccccc2NC(=O)c2ccsc2)oc1C. The van der Waals surface area contributed by atoms with Gasteiger partial charge in [0.15, 0.2) is 6.61 Å². The molecule has 3 rings (SSSR count). The van der Waals surface area contributed by atoms with Crippen molar-refractivity contribution in [2.75, 3.05) is 5.32 Å². The van der Waals surface area contributed by atoms with Gasteiger partial charge < -0.3 is 14.5 Å². The summed E-state index contributed by atoms with van der Waals surface area (Å²) in [5, 5.41) is 6.29. The van der Waals surface area contributed by atoms with Crippen molar-refractivity contribution in [3.8, 4) is 0 Å². The third-order valence-electron chi connectivity index (χ3n) is 3.58. The number of anilines is 1. The van der Waals surface area contributed by atoms with E-state index in [1.54, 1.807) is 42.6 Å². The van der Waals surface area contributed by atoms with Gasteiger partial charge >= 0.3 is 5.97 Å². The lowest BCUT2D eigenvalue weighted by atomic mass is 10.1. The molecule has 0 aliphatic rings. The minimum Gasteiger partial charge on any atom is -0.452 e. The monoisotopic (exact) mass is 356 g/mol. The highest BCUT2D eigenvalue weighted by Crippen LogP contribution is 2.19. The Labute approximate surface area is 148 Å². The van der Waals surface area contributed by atoms with Crippen LogP contribution in [0.1, 0.15) is 38.1 Å². The number of thiophene rings is 1. The Hall–Kier alpha value is -2.93. The van der Waals surface area contributed by atoms with E-state index in [1.165, 1.54) is 11.3 Å². The number of aromatic nitrogens is 1. The number of carbonyl (C=O) groups excluding carboxylic acids is 2. The Morgan fingerprint density at radius 1 is 1.24 bits per heavy atom. The Morgan fingerprint density at radius 2 is 2.04 bits per heavy atom. The zero-order chi connectivity index (χ0) is 17.8. The largest absolute Gasteiger partial charge is 0.452 e. The molecule has 0 saturated heterocycles. The molecule has 1 N–H and O–H groups in total. The van der Waals surface area contributed by atoms with Crippen LogP contribution in [0, 0.1) is 13.8 Å². The van der Waals surface area contributed by atoms with Gasteiger partial charge in [-0.2, -0.15) is 11.3 Å². The third kappa shape index (κ3) is 3.95. The van der Waals surface area contributed by atoms with Crippen LogP contribution in [-0.2, 0) is 11.3 Å². The van der Waals surface area contributed by atoms with Crippen molar-refractivity contribution in [1.82, 2.24) is 4.98 Å². The Morgan fingerprint density at radius 3 is 2.72 bits per heavy atom. The summed E-state index contributed by atoms with van der Waals surface area (Å²) in [7, 11) is 0. The molecule has 0 spiro atoms. The molecular weight excluding hydrogens is 340 g/mol. The summed E-state index contributed by atoms with van der Waals surface area (Å²) in [5.41, 5.74) is 1.96. The van der Waals surface area contributed by atoms with Crippen molar-refractivity contribution in [3.63, 3.8) is 0 Å². The van der Waals surface area contributed by atoms with Gasteiger partial charge in [-0.25, -0.2) is 9.78 Å². The maximum Gasteiger partial charge on any atom is 0.340 e. The van der Waals surface area contributed by atoms with E-state index in [4.69, 9.17) is 9.15 Å². The molecule has 0 radical (unpaired) electrons. The van der Waals surface area contributed by atoms with E-state index in [-0.39, 0.29) is 18.1 Å². The number of benzene rings is 1. The maximum absolute atomic E-state index is 12.4. The van der Waals surface area contributed by atoms with Crippen LogP contribution in [0.5, 0.6) is 0 Å². The van der Waals surface area contributed by atoms with Crippen molar-refractivity contribution in [2.45, 2.75) is 20.5 Å². The number of aryl methyl sites for hydroxylation is 2. The van der Waals surface area contributed by atoms with Crippen molar-refractivity contribution in [1.29, 1.82) is 0 Å². The maximum atomic E-state index is 12.4. The second-order valence-corrected chi connectivity index (χ2v) is 6.12. The highest BCUT2D eigenvalue weighted by Gasteiger charge is 2.16. The van der Waals surface area contributed by atoms with Gasteiger partial charge in [0.25, 0.3) is 5.91 Å². The van der Waals surface area contributed by atoms with Crippen molar-refractivity contribution < 1.29 is 18.7 Å². The predicted molar refractivity (Wildman–Crippen MR) is 93.8 cm³/mol. The van der Waals surface area contributed by atoms with E-state index in [1.807, 2.05) is 12.3 Å². The number of nitrogens with zero attached hydrogens (tertiary/aromatic N) is 1. The molecule has 2 aromatic heterocycles. The van der Waals surface area contributed by atoms with Crippen LogP contribution in [0.2, 0.25) is 0 Å². The summed E-state index contributed by atoms with van der Waals surface area (Å²) in [4.78, 5) is 28.7. The number of para-hydroxylation sites is 1. The van der Waals surface area contributed by atoms with Gasteiger partial charge in [-0.1, -0.05) is 12.1 Å². The normalized spacial score (nSPS) is 10.5. The molecule has 6 nitrogen and oxygen atoms in total. The molecule has 128 valence electrons. The van der Waals surface area contributed by atoms with Gasteiger partial charge in [-0.15, -0.1) is 0 Å². The summed E-state index contributed by atoms with van der Waals surface area (Å²) >= 11 is 1.43. The number of oxazole rings is 1. The molecule has 0 unspecified atom stereocenters. The molecule has 2 heterocycles. The molecule has 3 aromatic rings. The number of amides is 1. The van der Waals surface area contributed by atoms with Crippen LogP contribution >= 0.6 is 11.3 Å². The first-order valence-corrected chi connectivity index (χ1v) is 8.51. The fourth-order valence-corrected chi connectivity index (χ4v) is 2.80. The minimum atomic E-state index is -0.560. The van der Waals surface area contributed by atoms with E-state index >= 15 is 0 Å². The topological polar surface area (TPSA) is 81.4 Å². The zero-order valence-corrected chi connectivity index (χ0v) is 14.6. The number of hydrogen-bond acceptors (Lipinski definition) is 6. The van der Waals surface area contributed by atoms with Crippen LogP contribution in [-0.4, -0.2) is 16.9 Å². The second-order valence-electron chi connectivity index (χ2n) is 5.34. The lowest BCUT2D eigenvalue weighted by molar-refractivity contribution is 0.0438. The molecule has 25 heavy (non-hydrogen) atoms. The molecule has 0 saturated carbocycles. The first kappa shape index (κ1) is 16.9. The van der Waals surface area contributed by atoms with Gasteiger partial charge in [0, 0.05) is 5.38 Å². The number of nitrogens with one attached hydrogen (secondary N) is 1. The van der Waals surface area contributed by atoms with Crippen molar-refractivity contribution in [3.05, 3.63) is 69.6 Å². The first-order chi connectivity index (χ1) is 12.0. The number of hydrogen-bond donors (Lipinski definition) is 1. The minimum absolute atomic E-state index is 0.0691. The average molecular weight is 356 g/mol. The highest BCUT2D eigenvalue weighted by molar-refractivity contribution is 7.08. The summed E-state index contributed by atoms with van der Waals surface area (Å²) < 4.78 is 10.6. The number of esters is 1. The Balaban J connectivity index is 1.71. The third-order valence-corrected chi connectivity index (χ3v) is 4.26. The molecule has 0 atom stereocenters. The molecule has 1 amide bonds. The average Bonchev–Trinajstić information content (AvgIpc) is 3.24. The number of carbonyl (C=O) groups is 2. The van der Waals surface area contributed by atoms with E-state index < -0.39 is 5.97 Å². The van der Waals surface area contributed by atoms with E-state index in [0.29, 0.717) is 22.9 Å². The zero-order valence-electron chi connectivity index (χ0n) is 13.7. The lowest BCUT2D eigenvalue weighted by Crippen LogP contribution is -2.15. The second kappa shape index (κ2) is 7.31. The number of ether oxygens (including phenoxy) is 1. The highest BCUT2D eigenvalue weighted by atomic mass is 32.1. The summed E-state index contributed by atoms with van der Waals surface area (Å²) in [6.45, 7) is 3.54. The van der Waals surface area contributed by atoms with Crippen LogP contribution in [0.3, 0.4) is 0 Å². The Kier molecular flexibility index (Phi) is 4.95. The molecule has 7 heteroatoms. The van der Waals surface area contributed by atoms with Gasteiger partial charge in [-0.3, -0.25) is 4.79 Å². The molecule has 1 aromatic carbocycles. The van der Waals surface area contributed by atoms with E-state index in [2.05, 4.69) is 10.3 Å². The molecule has 0 bridgehead atoms. The summed E-state index contributed by atoms with van der Waals surface area (Å²) in [5.74, 6) is 0.188. The summed E-state index contributed by atoms with van der Waals surface area (Å²) in [6, 6.07) is 8.41. The van der Waals surface area contributed by atoms with Crippen LogP contribution in [0.4, 0.5) is 5.69 Å². The van der Waals surface area contributed by atoms with Gasteiger partial charge in [0.2, 0.25) is 5.89 Å². The van der Waals surface area contributed by atoms with Crippen molar-refractivity contribution in [2.24, 2.45) is 0 Å². The van der Waals surface area contributed by atoms with Gasteiger partial charge in [-0.05, 0) is 37.4 Å². The van der Waals surface area contributed by atoms with Crippen LogP contribution in [0.25, 0.3) is 0 Å². The standard InChI is InChI=1S/C18H16N2O4S/c1-11-12(2)24-16(19-11)9-23-18(22)14-5-3-4-6-15(14)20-17(21)13-7-8-25-10-13/h3-8,10H,9H2,1-2H3,(H,20,21). The molecule has 0 aliphatic heterocycles. The molecule has 0 aliphatic carbocycles. The fourth-order valence-electron chi connectivity index (χ4n) is 2.16. The van der Waals surface area contributed by atoms with Gasteiger partial charge in [0.05, 0.1) is 22.5 Å². The Bertz CT molecular complexity index is 880.